The van der Waals surface area contributed by atoms with Crippen LogP contribution in [0.15, 0.2) is 54.6 Å². The lowest BCUT2D eigenvalue weighted by Gasteiger charge is -2.07. The largest absolute Gasteiger partial charge is 0.497 e. The van der Waals surface area contributed by atoms with Crippen molar-refractivity contribution in [1.82, 2.24) is 5.32 Å². The quantitative estimate of drug-likeness (QED) is 0.699. The van der Waals surface area contributed by atoms with Gasteiger partial charge in [-0.3, -0.25) is 4.79 Å². The molecule has 0 aromatic heterocycles. The van der Waals surface area contributed by atoms with Crippen molar-refractivity contribution < 1.29 is 9.53 Å². The molecule has 1 amide bonds. The Morgan fingerprint density at radius 3 is 2.43 bits per heavy atom. The Morgan fingerprint density at radius 2 is 1.74 bits per heavy atom. The number of hydrogen-bond acceptors (Lipinski definition) is 3. The second-order valence-electron chi connectivity index (χ2n) is 5.37. The Kier molecular flexibility index (Phi) is 7.14. The van der Waals surface area contributed by atoms with Crippen molar-refractivity contribution >= 4 is 11.6 Å². The highest BCUT2D eigenvalue weighted by Crippen LogP contribution is 2.14. The van der Waals surface area contributed by atoms with Gasteiger partial charge in [0.15, 0.2) is 0 Å². The standard InChI is InChI=1S/C19H24N2O2/c1-23-18-11-9-17(10-12-18)21-19(22)13-15-20-14-5-8-16-6-3-2-4-7-16/h2-4,6-7,9-12,20H,5,8,13-15H2,1H3,(H,21,22). The van der Waals surface area contributed by atoms with E-state index in [0.717, 1.165) is 30.8 Å². The third kappa shape index (κ3) is 6.53. The highest BCUT2D eigenvalue weighted by atomic mass is 16.5. The SMILES string of the molecule is COc1ccc(NC(=O)CCNCCCc2ccccc2)cc1. The number of rotatable bonds is 9. The third-order valence-corrected chi connectivity index (χ3v) is 3.56. The Hall–Kier alpha value is -2.33. The van der Waals surface area contributed by atoms with E-state index in [9.17, 15) is 4.79 Å². The van der Waals surface area contributed by atoms with Gasteiger partial charge in [-0.25, -0.2) is 0 Å². The molecule has 0 radical (unpaired) electrons. The Balaban J connectivity index is 1.56. The first kappa shape index (κ1) is 17.0. The molecule has 0 spiro atoms. The van der Waals surface area contributed by atoms with Crippen molar-refractivity contribution in [1.29, 1.82) is 0 Å². The number of amides is 1. The van der Waals surface area contributed by atoms with E-state index in [4.69, 9.17) is 4.74 Å². The van der Waals surface area contributed by atoms with E-state index in [1.807, 2.05) is 30.3 Å². The number of carbonyl (C=O) groups is 1. The molecule has 0 heterocycles. The van der Waals surface area contributed by atoms with Crippen LogP contribution in [-0.2, 0) is 11.2 Å². The monoisotopic (exact) mass is 312 g/mol. The van der Waals surface area contributed by atoms with Crippen LogP contribution in [-0.4, -0.2) is 26.1 Å². The van der Waals surface area contributed by atoms with Crippen molar-refractivity contribution in [2.24, 2.45) is 0 Å². The zero-order valence-corrected chi connectivity index (χ0v) is 13.5. The van der Waals surface area contributed by atoms with Gasteiger partial charge in [0.25, 0.3) is 0 Å². The van der Waals surface area contributed by atoms with Gasteiger partial charge in [0.1, 0.15) is 5.75 Å². The van der Waals surface area contributed by atoms with E-state index in [2.05, 4.69) is 34.9 Å². The number of aryl methyl sites for hydroxylation is 1. The molecule has 0 unspecified atom stereocenters. The molecule has 4 heteroatoms. The Bertz CT molecular complexity index is 582. The molecule has 4 nitrogen and oxygen atoms in total. The van der Waals surface area contributed by atoms with Gasteiger partial charge in [0.2, 0.25) is 5.91 Å². The summed E-state index contributed by atoms with van der Waals surface area (Å²) < 4.78 is 5.09. The van der Waals surface area contributed by atoms with E-state index in [0.29, 0.717) is 13.0 Å². The molecule has 122 valence electrons. The van der Waals surface area contributed by atoms with Gasteiger partial charge >= 0.3 is 0 Å². The van der Waals surface area contributed by atoms with Crippen molar-refractivity contribution in [3.05, 3.63) is 60.2 Å². The van der Waals surface area contributed by atoms with E-state index in [-0.39, 0.29) is 5.91 Å². The fourth-order valence-corrected chi connectivity index (χ4v) is 2.29. The first-order chi connectivity index (χ1) is 11.3. The second kappa shape index (κ2) is 9.64. The van der Waals surface area contributed by atoms with Crippen molar-refractivity contribution in [2.75, 3.05) is 25.5 Å². The fourth-order valence-electron chi connectivity index (χ4n) is 2.29. The van der Waals surface area contributed by atoms with Gasteiger partial charge in [-0.05, 0) is 49.2 Å². The average molecular weight is 312 g/mol. The number of ether oxygens (including phenoxy) is 1. The van der Waals surface area contributed by atoms with Gasteiger partial charge < -0.3 is 15.4 Å². The first-order valence-corrected chi connectivity index (χ1v) is 7.96. The summed E-state index contributed by atoms with van der Waals surface area (Å²) in [4.78, 5) is 11.8. The predicted octanol–water partition coefficient (Wildman–Crippen LogP) is 3.25. The molecule has 0 bridgehead atoms. The van der Waals surface area contributed by atoms with Crippen LogP contribution >= 0.6 is 0 Å². The molecule has 0 fully saturated rings. The van der Waals surface area contributed by atoms with Crippen LogP contribution in [0.1, 0.15) is 18.4 Å². The zero-order chi connectivity index (χ0) is 16.3. The smallest absolute Gasteiger partial charge is 0.225 e. The highest BCUT2D eigenvalue weighted by Gasteiger charge is 2.02. The fraction of sp³-hybridized carbons (Fsp3) is 0.316. The van der Waals surface area contributed by atoms with E-state index in [1.54, 1.807) is 7.11 Å². The number of nitrogens with one attached hydrogen (secondary N) is 2. The van der Waals surface area contributed by atoms with Crippen LogP contribution in [0.2, 0.25) is 0 Å². The van der Waals surface area contributed by atoms with Crippen molar-refractivity contribution in [3.63, 3.8) is 0 Å². The molecule has 0 aliphatic carbocycles. The number of hydrogen-bond donors (Lipinski definition) is 2. The van der Waals surface area contributed by atoms with E-state index in [1.165, 1.54) is 5.56 Å². The number of anilines is 1. The normalized spacial score (nSPS) is 10.3. The van der Waals surface area contributed by atoms with Crippen molar-refractivity contribution in [2.45, 2.75) is 19.3 Å². The Labute approximate surface area is 137 Å². The van der Waals surface area contributed by atoms with E-state index >= 15 is 0 Å². The topological polar surface area (TPSA) is 50.4 Å². The molecule has 2 N–H and O–H groups in total. The molecule has 2 aromatic carbocycles. The number of methoxy groups -OCH3 is 1. The molecule has 0 atom stereocenters. The average Bonchev–Trinajstić information content (AvgIpc) is 2.59. The lowest BCUT2D eigenvalue weighted by Crippen LogP contribution is -2.22. The maximum atomic E-state index is 11.8. The predicted molar refractivity (Wildman–Crippen MR) is 93.9 cm³/mol. The van der Waals surface area contributed by atoms with Crippen LogP contribution in [0.25, 0.3) is 0 Å². The van der Waals surface area contributed by atoms with Gasteiger partial charge in [-0.2, -0.15) is 0 Å². The molecule has 0 saturated carbocycles. The van der Waals surface area contributed by atoms with E-state index < -0.39 is 0 Å². The number of benzene rings is 2. The van der Waals surface area contributed by atoms with Crippen LogP contribution in [0.3, 0.4) is 0 Å². The molecule has 2 aromatic rings. The molecule has 0 aliphatic rings. The summed E-state index contributed by atoms with van der Waals surface area (Å²) in [5.41, 5.74) is 2.14. The van der Waals surface area contributed by atoms with Crippen LogP contribution in [0, 0.1) is 0 Å². The van der Waals surface area contributed by atoms with Crippen molar-refractivity contribution in [3.8, 4) is 5.75 Å². The molecule has 23 heavy (non-hydrogen) atoms. The second-order valence-corrected chi connectivity index (χ2v) is 5.37. The lowest BCUT2D eigenvalue weighted by atomic mass is 10.1. The minimum Gasteiger partial charge on any atom is -0.497 e. The van der Waals surface area contributed by atoms with Gasteiger partial charge in [0.05, 0.1) is 7.11 Å². The van der Waals surface area contributed by atoms with Crippen LogP contribution < -0.4 is 15.4 Å². The summed E-state index contributed by atoms with van der Waals surface area (Å²) >= 11 is 0. The summed E-state index contributed by atoms with van der Waals surface area (Å²) in [6.45, 7) is 1.61. The molecule has 0 aliphatic heterocycles. The summed E-state index contributed by atoms with van der Waals surface area (Å²) in [5.74, 6) is 0.800. The number of carbonyl (C=O) groups excluding carboxylic acids is 1. The molecule has 0 saturated heterocycles. The van der Waals surface area contributed by atoms with Crippen LogP contribution in [0.5, 0.6) is 5.75 Å². The summed E-state index contributed by atoms with van der Waals surface area (Å²) in [7, 11) is 1.62. The molecule has 2 rings (SSSR count). The maximum Gasteiger partial charge on any atom is 0.225 e. The highest BCUT2D eigenvalue weighted by molar-refractivity contribution is 5.90. The lowest BCUT2D eigenvalue weighted by molar-refractivity contribution is -0.116. The molecular weight excluding hydrogens is 288 g/mol. The first-order valence-electron chi connectivity index (χ1n) is 7.96. The minimum absolute atomic E-state index is 0.0192. The zero-order valence-electron chi connectivity index (χ0n) is 13.5. The molecular formula is C19H24N2O2. The summed E-state index contributed by atoms with van der Waals surface area (Å²) in [5, 5.41) is 6.19. The van der Waals surface area contributed by atoms with Gasteiger partial charge in [0, 0.05) is 18.7 Å². The van der Waals surface area contributed by atoms with Gasteiger partial charge in [-0.15, -0.1) is 0 Å². The third-order valence-electron chi connectivity index (χ3n) is 3.56. The van der Waals surface area contributed by atoms with Gasteiger partial charge in [-0.1, -0.05) is 30.3 Å². The summed E-state index contributed by atoms with van der Waals surface area (Å²) in [6, 6.07) is 17.8. The summed E-state index contributed by atoms with van der Waals surface area (Å²) in [6.07, 6.45) is 2.60. The maximum absolute atomic E-state index is 11.8. The minimum atomic E-state index is 0.0192. The Morgan fingerprint density at radius 1 is 1.00 bits per heavy atom. The van der Waals surface area contributed by atoms with Crippen LogP contribution in [0.4, 0.5) is 5.69 Å².